The largest absolute Gasteiger partial charge is 0.337 e. The second-order valence-electron chi connectivity index (χ2n) is 4.51. The van der Waals surface area contributed by atoms with Gasteiger partial charge >= 0.3 is 0 Å². The lowest BCUT2D eigenvalue weighted by atomic mass is 10.0. The van der Waals surface area contributed by atoms with Gasteiger partial charge in [-0.15, -0.1) is 11.8 Å². The number of carbonyl (C=O) groups excluding carboxylic acids is 2. The highest BCUT2D eigenvalue weighted by atomic mass is 32.2. The van der Waals surface area contributed by atoms with Crippen molar-refractivity contribution >= 4 is 23.5 Å². The molecule has 0 unspecified atom stereocenters. The van der Waals surface area contributed by atoms with E-state index in [0.29, 0.717) is 0 Å². The average Bonchev–Trinajstić information content (AvgIpc) is 2.75. The standard InChI is InChI=1S/C12H18N2O2S/c1-9(15)10(2)17-7-11(16)14-12(8-13)5-3-4-6-12/h10H,3-7H2,1-2H3,(H,14,16)/t10-/m1/s1. The number of hydrogen-bond acceptors (Lipinski definition) is 4. The first-order valence-electron chi connectivity index (χ1n) is 5.83. The average molecular weight is 254 g/mol. The fourth-order valence-corrected chi connectivity index (χ4v) is 2.57. The van der Waals surface area contributed by atoms with Crippen molar-refractivity contribution in [2.24, 2.45) is 0 Å². The zero-order chi connectivity index (χ0) is 12.9. The predicted octanol–water partition coefficient (Wildman–Crippen LogP) is 1.65. The van der Waals surface area contributed by atoms with Crippen molar-refractivity contribution in [3.63, 3.8) is 0 Å². The van der Waals surface area contributed by atoms with Gasteiger partial charge in [0.1, 0.15) is 11.3 Å². The summed E-state index contributed by atoms with van der Waals surface area (Å²) < 4.78 is 0. The number of hydrogen-bond donors (Lipinski definition) is 1. The fraction of sp³-hybridized carbons (Fsp3) is 0.750. The maximum absolute atomic E-state index is 11.7. The van der Waals surface area contributed by atoms with Crippen LogP contribution in [-0.4, -0.2) is 28.2 Å². The first-order chi connectivity index (χ1) is 7.99. The monoisotopic (exact) mass is 254 g/mol. The molecule has 1 rings (SSSR count). The molecule has 0 aromatic carbocycles. The van der Waals surface area contributed by atoms with E-state index in [-0.39, 0.29) is 22.7 Å². The molecule has 0 spiro atoms. The Balaban J connectivity index is 2.39. The van der Waals surface area contributed by atoms with Crippen LogP contribution in [0, 0.1) is 11.3 Å². The molecule has 0 aromatic rings. The van der Waals surface area contributed by atoms with Crippen molar-refractivity contribution < 1.29 is 9.59 Å². The number of rotatable bonds is 5. The van der Waals surface area contributed by atoms with Crippen molar-refractivity contribution in [1.29, 1.82) is 5.26 Å². The molecular formula is C12H18N2O2S. The number of nitriles is 1. The van der Waals surface area contributed by atoms with Crippen molar-refractivity contribution in [2.75, 3.05) is 5.75 Å². The van der Waals surface area contributed by atoms with E-state index < -0.39 is 5.54 Å². The maximum Gasteiger partial charge on any atom is 0.231 e. The number of nitrogens with one attached hydrogen (secondary N) is 1. The Labute approximate surface area is 106 Å². The van der Waals surface area contributed by atoms with Gasteiger partial charge in [0.05, 0.1) is 17.1 Å². The van der Waals surface area contributed by atoms with Gasteiger partial charge in [-0.1, -0.05) is 0 Å². The van der Waals surface area contributed by atoms with Crippen LogP contribution in [0.15, 0.2) is 0 Å². The molecule has 94 valence electrons. The third-order valence-corrected chi connectivity index (χ3v) is 4.35. The number of amides is 1. The van der Waals surface area contributed by atoms with Crippen molar-refractivity contribution in [1.82, 2.24) is 5.32 Å². The van der Waals surface area contributed by atoms with Crippen LogP contribution in [0.5, 0.6) is 0 Å². The topological polar surface area (TPSA) is 70.0 Å². The SMILES string of the molecule is CC(=O)[C@@H](C)SCC(=O)NC1(C#N)CCCC1. The molecule has 1 N–H and O–H groups in total. The smallest absolute Gasteiger partial charge is 0.231 e. The molecule has 0 bridgehead atoms. The summed E-state index contributed by atoms with van der Waals surface area (Å²) in [5, 5.41) is 11.7. The highest BCUT2D eigenvalue weighted by Crippen LogP contribution is 2.29. The Bertz CT molecular complexity index is 343. The van der Waals surface area contributed by atoms with Crippen molar-refractivity contribution in [2.45, 2.75) is 50.3 Å². The van der Waals surface area contributed by atoms with Gasteiger partial charge < -0.3 is 5.32 Å². The van der Waals surface area contributed by atoms with Crippen molar-refractivity contribution in [3.05, 3.63) is 0 Å². The van der Waals surface area contributed by atoms with Gasteiger partial charge in [0.25, 0.3) is 0 Å². The Hall–Kier alpha value is -1.02. The van der Waals surface area contributed by atoms with E-state index in [4.69, 9.17) is 5.26 Å². The number of Topliss-reactive ketones (excluding diaryl/α,β-unsaturated/α-hetero) is 1. The molecule has 0 aromatic heterocycles. The molecule has 1 atom stereocenters. The molecule has 1 aliphatic rings. The second kappa shape index (κ2) is 6.06. The van der Waals surface area contributed by atoms with Crippen LogP contribution < -0.4 is 5.32 Å². The van der Waals surface area contributed by atoms with Crippen LogP contribution in [0.25, 0.3) is 0 Å². The minimum Gasteiger partial charge on any atom is -0.337 e. The van der Waals surface area contributed by atoms with E-state index in [9.17, 15) is 9.59 Å². The van der Waals surface area contributed by atoms with Crippen LogP contribution in [0.3, 0.4) is 0 Å². The summed E-state index contributed by atoms with van der Waals surface area (Å²) in [5.41, 5.74) is -0.656. The Morgan fingerprint density at radius 3 is 2.53 bits per heavy atom. The number of nitrogens with zero attached hydrogens (tertiary/aromatic N) is 1. The van der Waals surface area contributed by atoms with E-state index in [2.05, 4.69) is 11.4 Å². The summed E-state index contributed by atoms with van der Waals surface area (Å²) in [6.07, 6.45) is 3.46. The summed E-state index contributed by atoms with van der Waals surface area (Å²) in [5.74, 6) is 0.162. The number of ketones is 1. The molecular weight excluding hydrogens is 236 g/mol. The summed E-state index contributed by atoms with van der Waals surface area (Å²) in [7, 11) is 0. The van der Waals surface area contributed by atoms with Crippen LogP contribution in [0.2, 0.25) is 0 Å². The van der Waals surface area contributed by atoms with E-state index in [1.807, 2.05) is 0 Å². The molecule has 5 heteroatoms. The lowest BCUT2D eigenvalue weighted by Gasteiger charge is -2.22. The number of carbonyl (C=O) groups is 2. The van der Waals surface area contributed by atoms with E-state index >= 15 is 0 Å². The molecule has 0 aliphatic heterocycles. The van der Waals surface area contributed by atoms with Gasteiger partial charge in [-0.3, -0.25) is 9.59 Å². The number of thioether (sulfide) groups is 1. The lowest BCUT2D eigenvalue weighted by Crippen LogP contribution is -2.46. The van der Waals surface area contributed by atoms with Crippen LogP contribution in [0.1, 0.15) is 39.5 Å². The van der Waals surface area contributed by atoms with Crippen molar-refractivity contribution in [3.8, 4) is 6.07 Å². The summed E-state index contributed by atoms with van der Waals surface area (Å²) >= 11 is 1.31. The van der Waals surface area contributed by atoms with Gasteiger partial charge in [0, 0.05) is 0 Å². The van der Waals surface area contributed by atoms with Gasteiger partial charge in [-0.2, -0.15) is 5.26 Å². The molecule has 4 nitrogen and oxygen atoms in total. The molecule has 0 saturated heterocycles. The lowest BCUT2D eigenvalue weighted by molar-refractivity contribution is -0.119. The van der Waals surface area contributed by atoms with Gasteiger partial charge in [-0.05, 0) is 39.5 Å². The minimum atomic E-state index is -0.656. The normalized spacial score (nSPS) is 19.4. The van der Waals surface area contributed by atoms with Crippen LogP contribution >= 0.6 is 11.8 Å². The predicted molar refractivity (Wildman–Crippen MR) is 67.6 cm³/mol. The molecule has 0 radical (unpaired) electrons. The van der Waals surface area contributed by atoms with Crippen LogP contribution in [-0.2, 0) is 9.59 Å². The molecule has 1 amide bonds. The van der Waals surface area contributed by atoms with Gasteiger partial charge in [0.15, 0.2) is 0 Å². The highest BCUT2D eigenvalue weighted by Gasteiger charge is 2.35. The Morgan fingerprint density at radius 1 is 1.47 bits per heavy atom. The van der Waals surface area contributed by atoms with Gasteiger partial charge in [-0.25, -0.2) is 0 Å². The molecule has 1 saturated carbocycles. The van der Waals surface area contributed by atoms with Crippen LogP contribution in [0.4, 0.5) is 0 Å². The second-order valence-corrected chi connectivity index (χ2v) is 5.84. The van der Waals surface area contributed by atoms with E-state index in [1.165, 1.54) is 18.7 Å². The zero-order valence-electron chi connectivity index (χ0n) is 10.3. The van der Waals surface area contributed by atoms with Gasteiger partial charge in [0.2, 0.25) is 5.91 Å². The van der Waals surface area contributed by atoms with E-state index in [0.717, 1.165) is 25.7 Å². The molecule has 1 aliphatic carbocycles. The third kappa shape index (κ3) is 4.04. The summed E-state index contributed by atoms with van der Waals surface area (Å²) in [4.78, 5) is 22.7. The maximum atomic E-state index is 11.7. The zero-order valence-corrected chi connectivity index (χ0v) is 11.1. The summed E-state index contributed by atoms with van der Waals surface area (Å²) in [6, 6.07) is 2.21. The Kier molecular flexibility index (Phi) is 5.01. The summed E-state index contributed by atoms with van der Waals surface area (Å²) in [6.45, 7) is 3.30. The third-order valence-electron chi connectivity index (χ3n) is 3.09. The first-order valence-corrected chi connectivity index (χ1v) is 6.88. The molecule has 17 heavy (non-hydrogen) atoms. The van der Waals surface area contributed by atoms with E-state index in [1.54, 1.807) is 6.92 Å². The Morgan fingerprint density at radius 2 is 2.06 bits per heavy atom. The fourth-order valence-electron chi connectivity index (χ4n) is 1.86. The quantitative estimate of drug-likeness (QED) is 0.810. The minimum absolute atomic E-state index is 0.0682. The highest BCUT2D eigenvalue weighted by molar-refractivity contribution is 8.01. The first kappa shape index (κ1) is 14.0. The molecule has 0 heterocycles. The molecule has 1 fully saturated rings.